The van der Waals surface area contributed by atoms with Gasteiger partial charge >= 0.3 is 0 Å². The number of non-ortho nitro benzene ring substituents is 1. The van der Waals surface area contributed by atoms with E-state index in [-0.39, 0.29) is 16.3 Å². The highest BCUT2D eigenvalue weighted by molar-refractivity contribution is 7.92. The number of hydrogen-bond acceptors (Lipinski definition) is 6. The summed E-state index contributed by atoms with van der Waals surface area (Å²) in [4.78, 5) is 23.5. The Morgan fingerprint density at radius 2 is 1.74 bits per heavy atom. The minimum absolute atomic E-state index is 0.0157. The number of rotatable bonds is 10. The van der Waals surface area contributed by atoms with Crippen LogP contribution in [0.2, 0.25) is 0 Å². The summed E-state index contributed by atoms with van der Waals surface area (Å²) in [6.07, 6.45) is 0. The van der Waals surface area contributed by atoms with E-state index in [1.807, 2.05) is 19.1 Å². The maximum atomic E-state index is 13.4. The number of nitrogens with zero attached hydrogens (tertiary/aromatic N) is 2. The van der Waals surface area contributed by atoms with Gasteiger partial charge in [-0.15, -0.1) is 0 Å². The summed E-state index contributed by atoms with van der Waals surface area (Å²) in [5.74, 6) is 0.142. The molecule has 178 valence electrons. The Balaban J connectivity index is 1.87. The number of sulfonamides is 1. The molecule has 0 fully saturated rings. The first-order valence-corrected chi connectivity index (χ1v) is 12.0. The number of anilines is 1. The van der Waals surface area contributed by atoms with Gasteiger partial charge in [0.25, 0.3) is 15.7 Å². The molecule has 1 amide bonds. The molecule has 1 N–H and O–H groups in total. The first-order chi connectivity index (χ1) is 16.2. The van der Waals surface area contributed by atoms with Gasteiger partial charge in [-0.3, -0.25) is 19.2 Å². The van der Waals surface area contributed by atoms with Crippen molar-refractivity contribution in [3.05, 3.63) is 94.5 Å². The Hall–Kier alpha value is -3.92. The minimum atomic E-state index is -4.17. The van der Waals surface area contributed by atoms with Crippen LogP contribution in [0, 0.1) is 10.1 Å². The molecule has 10 heteroatoms. The van der Waals surface area contributed by atoms with Crippen molar-refractivity contribution in [1.29, 1.82) is 0 Å². The highest BCUT2D eigenvalue weighted by atomic mass is 32.2. The molecule has 0 unspecified atom stereocenters. The fourth-order valence-electron chi connectivity index (χ4n) is 3.32. The van der Waals surface area contributed by atoms with Crippen LogP contribution < -0.4 is 14.4 Å². The molecule has 9 nitrogen and oxygen atoms in total. The van der Waals surface area contributed by atoms with Crippen LogP contribution >= 0.6 is 0 Å². The van der Waals surface area contributed by atoms with E-state index in [9.17, 15) is 23.3 Å². The number of benzene rings is 3. The molecular weight excluding hydrogens is 458 g/mol. The molecule has 0 radical (unpaired) electrons. The second kappa shape index (κ2) is 10.8. The second-order valence-corrected chi connectivity index (χ2v) is 9.26. The number of hydrogen-bond donors (Lipinski definition) is 1. The van der Waals surface area contributed by atoms with Gasteiger partial charge in [0.1, 0.15) is 12.3 Å². The van der Waals surface area contributed by atoms with Crippen LogP contribution in [-0.2, 0) is 14.8 Å². The van der Waals surface area contributed by atoms with Crippen molar-refractivity contribution < 1.29 is 22.9 Å². The van der Waals surface area contributed by atoms with Gasteiger partial charge in [-0.25, -0.2) is 8.42 Å². The van der Waals surface area contributed by atoms with Crippen LogP contribution in [0.25, 0.3) is 0 Å². The maximum absolute atomic E-state index is 13.4. The molecular formula is C24H25N3O6S. The van der Waals surface area contributed by atoms with Gasteiger partial charge in [-0.05, 0) is 49.7 Å². The molecule has 3 aromatic carbocycles. The van der Waals surface area contributed by atoms with Gasteiger partial charge in [-0.2, -0.15) is 0 Å². The van der Waals surface area contributed by atoms with Crippen molar-refractivity contribution in [2.24, 2.45) is 0 Å². The summed E-state index contributed by atoms with van der Waals surface area (Å²) in [6, 6.07) is 19.6. The normalized spacial score (nSPS) is 11.9. The van der Waals surface area contributed by atoms with Crippen molar-refractivity contribution >= 4 is 27.3 Å². The molecule has 0 bridgehead atoms. The lowest BCUT2D eigenvalue weighted by molar-refractivity contribution is -0.384. The molecule has 34 heavy (non-hydrogen) atoms. The summed E-state index contributed by atoms with van der Waals surface area (Å²) >= 11 is 0. The number of nitrogens with one attached hydrogen (secondary N) is 1. The lowest BCUT2D eigenvalue weighted by Crippen LogP contribution is -2.41. The summed E-state index contributed by atoms with van der Waals surface area (Å²) in [6.45, 7) is 3.64. The highest BCUT2D eigenvalue weighted by Crippen LogP contribution is 2.27. The zero-order valence-corrected chi connectivity index (χ0v) is 19.6. The Labute approximate surface area is 198 Å². The van der Waals surface area contributed by atoms with Gasteiger partial charge in [0.15, 0.2) is 0 Å². The van der Waals surface area contributed by atoms with Crippen LogP contribution in [0.3, 0.4) is 0 Å². The molecule has 0 aliphatic carbocycles. The Morgan fingerprint density at radius 1 is 1.06 bits per heavy atom. The molecule has 0 heterocycles. The number of nitro benzene ring substituents is 1. The van der Waals surface area contributed by atoms with Crippen LogP contribution in [0.15, 0.2) is 83.8 Å². The predicted molar refractivity (Wildman–Crippen MR) is 128 cm³/mol. The van der Waals surface area contributed by atoms with E-state index in [2.05, 4.69) is 5.32 Å². The molecule has 0 spiro atoms. The standard InChI is InChI=1S/C24H25N3O6S/c1-3-33-22-14-12-19(13-15-22)18(2)25-24(28)17-26(20-8-7-9-21(16-20)27(29)30)34(31,32)23-10-5-4-6-11-23/h4-16,18H,3,17H2,1-2H3,(H,25,28)/t18-/m1/s1. The monoisotopic (exact) mass is 483 g/mol. The zero-order chi connectivity index (χ0) is 24.7. The molecule has 1 atom stereocenters. The highest BCUT2D eigenvalue weighted by Gasteiger charge is 2.28. The Kier molecular flexibility index (Phi) is 7.85. The van der Waals surface area contributed by atoms with Crippen LogP contribution in [-0.4, -0.2) is 32.4 Å². The van der Waals surface area contributed by atoms with Crippen molar-refractivity contribution in [2.45, 2.75) is 24.8 Å². The third-order valence-corrected chi connectivity index (χ3v) is 6.80. The van der Waals surface area contributed by atoms with Crippen LogP contribution in [0.5, 0.6) is 5.75 Å². The predicted octanol–water partition coefficient (Wildman–Crippen LogP) is 4.07. The second-order valence-electron chi connectivity index (χ2n) is 7.39. The number of carbonyl (C=O) groups is 1. The van der Waals surface area contributed by atoms with Crippen LogP contribution in [0.1, 0.15) is 25.5 Å². The number of carbonyl (C=O) groups excluding carboxylic acids is 1. The zero-order valence-electron chi connectivity index (χ0n) is 18.7. The van der Waals surface area contributed by atoms with E-state index in [0.717, 1.165) is 15.9 Å². The minimum Gasteiger partial charge on any atom is -0.494 e. The number of amides is 1. The smallest absolute Gasteiger partial charge is 0.271 e. The molecule has 0 aliphatic rings. The fraction of sp³-hybridized carbons (Fsp3) is 0.208. The fourth-order valence-corrected chi connectivity index (χ4v) is 4.75. The van der Waals surface area contributed by atoms with E-state index in [0.29, 0.717) is 12.4 Å². The molecule has 0 aliphatic heterocycles. The van der Waals surface area contributed by atoms with E-state index in [1.165, 1.54) is 30.3 Å². The molecule has 0 saturated heterocycles. The SMILES string of the molecule is CCOc1ccc([C@@H](C)NC(=O)CN(c2cccc([N+](=O)[O-])c2)S(=O)(=O)c2ccccc2)cc1. The van der Waals surface area contributed by atoms with E-state index < -0.39 is 33.4 Å². The average molecular weight is 484 g/mol. The summed E-state index contributed by atoms with van der Waals surface area (Å²) in [5.41, 5.74) is 0.542. The lowest BCUT2D eigenvalue weighted by Gasteiger charge is -2.25. The van der Waals surface area contributed by atoms with Crippen LogP contribution in [0.4, 0.5) is 11.4 Å². The maximum Gasteiger partial charge on any atom is 0.271 e. The molecule has 0 aromatic heterocycles. The van der Waals surface area contributed by atoms with E-state index >= 15 is 0 Å². The number of nitro groups is 1. The lowest BCUT2D eigenvalue weighted by atomic mass is 10.1. The van der Waals surface area contributed by atoms with E-state index in [1.54, 1.807) is 37.3 Å². The van der Waals surface area contributed by atoms with Gasteiger partial charge in [0, 0.05) is 12.1 Å². The van der Waals surface area contributed by atoms with Crippen molar-refractivity contribution in [1.82, 2.24) is 5.32 Å². The summed E-state index contributed by atoms with van der Waals surface area (Å²) < 4.78 is 33.0. The summed E-state index contributed by atoms with van der Waals surface area (Å²) in [7, 11) is -4.17. The molecule has 0 saturated carbocycles. The third kappa shape index (κ3) is 5.90. The average Bonchev–Trinajstić information content (AvgIpc) is 2.83. The summed E-state index contributed by atoms with van der Waals surface area (Å²) in [5, 5.41) is 14.0. The largest absolute Gasteiger partial charge is 0.494 e. The van der Waals surface area contributed by atoms with Gasteiger partial charge in [-0.1, -0.05) is 36.4 Å². The Bertz CT molecular complexity index is 1250. The van der Waals surface area contributed by atoms with Gasteiger partial charge < -0.3 is 10.1 Å². The van der Waals surface area contributed by atoms with Crippen molar-refractivity contribution in [3.63, 3.8) is 0 Å². The third-order valence-electron chi connectivity index (χ3n) is 5.02. The Morgan fingerprint density at radius 3 is 2.35 bits per heavy atom. The van der Waals surface area contributed by atoms with Crippen molar-refractivity contribution in [2.75, 3.05) is 17.5 Å². The van der Waals surface area contributed by atoms with E-state index in [4.69, 9.17) is 4.74 Å². The number of ether oxygens (including phenoxy) is 1. The molecule has 3 aromatic rings. The quantitative estimate of drug-likeness (QED) is 0.343. The first-order valence-electron chi connectivity index (χ1n) is 10.6. The van der Waals surface area contributed by atoms with Gasteiger partial charge in [0.05, 0.1) is 28.2 Å². The van der Waals surface area contributed by atoms with Crippen molar-refractivity contribution in [3.8, 4) is 5.75 Å². The topological polar surface area (TPSA) is 119 Å². The van der Waals surface area contributed by atoms with Gasteiger partial charge in [0.2, 0.25) is 5.91 Å². The molecule has 3 rings (SSSR count). The first kappa shape index (κ1) is 24.7.